The first kappa shape index (κ1) is 16.4. The number of alkyl halides is 3. The minimum atomic E-state index is -5.02. The summed E-state index contributed by atoms with van der Waals surface area (Å²) in [7, 11) is -4.28. The molecule has 2 aliphatic heterocycles. The van der Waals surface area contributed by atoms with E-state index in [-0.39, 0.29) is 13.0 Å². The van der Waals surface area contributed by atoms with E-state index in [2.05, 4.69) is 4.52 Å². The van der Waals surface area contributed by atoms with Crippen LogP contribution in [0.15, 0.2) is 9.59 Å². The number of halogens is 3. The Morgan fingerprint density at radius 2 is 1.91 bits per heavy atom. The molecule has 0 aliphatic carbocycles. The number of rotatable bonds is 1. The summed E-state index contributed by atoms with van der Waals surface area (Å²) in [5.41, 5.74) is -5.06. The van der Waals surface area contributed by atoms with Crippen LogP contribution in [-0.2, 0) is 24.5 Å². The highest BCUT2D eigenvalue weighted by molar-refractivity contribution is 7.47. The predicted octanol–water partition coefficient (Wildman–Crippen LogP) is 0.428. The van der Waals surface area contributed by atoms with E-state index >= 15 is 0 Å². The van der Waals surface area contributed by atoms with Gasteiger partial charge in [0.2, 0.25) is 0 Å². The van der Waals surface area contributed by atoms with E-state index in [4.69, 9.17) is 9.26 Å². The Morgan fingerprint density at radius 1 is 1.22 bits per heavy atom. The molecule has 2 saturated heterocycles. The Balaban J connectivity index is 1.99. The second-order valence-corrected chi connectivity index (χ2v) is 6.41. The molecule has 23 heavy (non-hydrogen) atoms. The first-order valence-electron chi connectivity index (χ1n) is 6.32. The number of phosphoric ester groups is 1. The summed E-state index contributed by atoms with van der Waals surface area (Å²) in [6.07, 6.45) is -8.49. The van der Waals surface area contributed by atoms with Crippen molar-refractivity contribution in [1.29, 1.82) is 0 Å². The molecule has 4 atom stereocenters. The summed E-state index contributed by atoms with van der Waals surface area (Å²) in [6, 6.07) is 0. The number of aromatic amines is 2. The summed E-state index contributed by atoms with van der Waals surface area (Å²) >= 11 is 0. The lowest BCUT2D eigenvalue weighted by atomic mass is 10.1. The fourth-order valence-electron chi connectivity index (χ4n) is 2.56. The van der Waals surface area contributed by atoms with Crippen molar-refractivity contribution >= 4 is 7.82 Å². The van der Waals surface area contributed by atoms with Gasteiger partial charge in [0, 0.05) is 6.42 Å². The molecule has 3 N–H and O–H groups in total. The third-order valence-electron chi connectivity index (χ3n) is 3.45. The Kier molecular flexibility index (Phi) is 3.76. The van der Waals surface area contributed by atoms with E-state index < -0.39 is 54.8 Å². The van der Waals surface area contributed by atoms with E-state index in [1.54, 1.807) is 0 Å². The number of aromatic nitrogens is 2. The zero-order valence-electron chi connectivity index (χ0n) is 11.1. The van der Waals surface area contributed by atoms with Crippen LogP contribution in [0.5, 0.6) is 0 Å². The van der Waals surface area contributed by atoms with Crippen molar-refractivity contribution in [3.05, 3.63) is 32.1 Å². The van der Waals surface area contributed by atoms with Crippen LogP contribution in [0.3, 0.4) is 0 Å². The standard InChI is InChI=1S/C10H10F3N2O7P/c11-10(12,13)6-7(14-9(17)15-8(6)16)4-1-3-5(21-4)2-20-23(18,19)22-3/h3-5H,1-2H2,(H,18,19)(H2,14,15,16,17)/t3?,4-,5?/m1/s1. The van der Waals surface area contributed by atoms with Gasteiger partial charge in [-0.05, 0) is 0 Å². The molecule has 0 spiro atoms. The molecule has 3 rings (SSSR count). The van der Waals surface area contributed by atoms with Gasteiger partial charge in [0.25, 0.3) is 5.56 Å². The number of hydrogen-bond donors (Lipinski definition) is 3. The molecule has 0 radical (unpaired) electrons. The Hall–Kier alpha value is -1.46. The van der Waals surface area contributed by atoms with E-state index in [9.17, 15) is 32.2 Å². The van der Waals surface area contributed by atoms with E-state index in [0.29, 0.717) is 0 Å². The first-order valence-corrected chi connectivity index (χ1v) is 7.81. The van der Waals surface area contributed by atoms with E-state index in [1.165, 1.54) is 4.98 Å². The minimum absolute atomic E-state index is 0.249. The summed E-state index contributed by atoms with van der Waals surface area (Å²) in [5, 5.41) is 0. The van der Waals surface area contributed by atoms with Gasteiger partial charge in [-0.3, -0.25) is 18.8 Å². The molecule has 3 unspecified atom stereocenters. The van der Waals surface area contributed by atoms with Crippen molar-refractivity contribution in [2.24, 2.45) is 0 Å². The fraction of sp³-hybridized carbons (Fsp3) is 0.600. The fourth-order valence-corrected chi connectivity index (χ4v) is 3.52. The van der Waals surface area contributed by atoms with E-state index in [0.717, 1.165) is 0 Å². The molecule has 3 heterocycles. The van der Waals surface area contributed by atoms with Crippen LogP contribution < -0.4 is 11.2 Å². The Bertz CT molecular complexity index is 788. The lowest BCUT2D eigenvalue weighted by Gasteiger charge is -2.26. The quantitative estimate of drug-likeness (QED) is 0.621. The Morgan fingerprint density at radius 3 is 2.57 bits per heavy atom. The van der Waals surface area contributed by atoms with Crippen molar-refractivity contribution in [3.8, 4) is 0 Å². The van der Waals surface area contributed by atoms with Gasteiger partial charge in [0.15, 0.2) is 0 Å². The van der Waals surface area contributed by atoms with Crippen LogP contribution in [0.4, 0.5) is 13.2 Å². The predicted molar refractivity (Wildman–Crippen MR) is 65.6 cm³/mol. The molecule has 0 bridgehead atoms. The maximum Gasteiger partial charge on any atom is 0.472 e. The molecule has 1 aromatic heterocycles. The van der Waals surface area contributed by atoms with Crippen LogP contribution in [0.25, 0.3) is 0 Å². The van der Waals surface area contributed by atoms with Gasteiger partial charge in [-0.2, -0.15) is 13.2 Å². The third kappa shape index (κ3) is 3.12. The topological polar surface area (TPSA) is 131 Å². The van der Waals surface area contributed by atoms with Gasteiger partial charge in [0.05, 0.1) is 12.3 Å². The zero-order chi connectivity index (χ0) is 17.0. The number of phosphoric acid groups is 1. The summed E-state index contributed by atoms with van der Waals surface area (Å²) in [5.74, 6) is 0. The van der Waals surface area contributed by atoms with Crippen molar-refractivity contribution < 1.29 is 36.4 Å². The zero-order valence-corrected chi connectivity index (χ0v) is 12.0. The lowest BCUT2D eigenvalue weighted by Crippen LogP contribution is -2.34. The van der Waals surface area contributed by atoms with E-state index in [1.807, 2.05) is 4.98 Å². The lowest BCUT2D eigenvalue weighted by molar-refractivity contribution is -0.141. The number of ether oxygens (including phenoxy) is 1. The molecule has 1 aromatic rings. The van der Waals surface area contributed by atoms with Crippen LogP contribution in [0.2, 0.25) is 0 Å². The molecule has 2 fully saturated rings. The smallest absolute Gasteiger partial charge is 0.363 e. The van der Waals surface area contributed by atoms with Crippen LogP contribution in [-0.4, -0.2) is 33.7 Å². The first-order chi connectivity index (χ1) is 10.6. The molecule has 0 aromatic carbocycles. The molecular weight excluding hydrogens is 348 g/mol. The van der Waals surface area contributed by atoms with Crippen LogP contribution in [0, 0.1) is 0 Å². The number of H-pyrrole nitrogens is 2. The minimum Gasteiger partial charge on any atom is -0.363 e. The van der Waals surface area contributed by atoms with Crippen molar-refractivity contribution in [2.75, 3.05) is 6.61 Å². The second kappa shape index (κ2) is 5.28. The van der Waals surface area contributed by atoms with Crippen LogP contribution >= 0.6 is 7.82 Å². The van der Waals surface area contributed by atoms with Crippen molar-refractivity contribution in [3.63, 3.8) is 0 Å². The molecule has 2 aliphatic rings. The highest BCUT2D eigenvalue weighted by atomic mass is 31.2. The molecule has 9 nitrogen and oxygen atoms in total. The van der Waals surface area contributed by atoms with Crippen molar-refractivity contribution in [2.45, 2.75) is 30.9 Å². The maximum absolute atomic E-state index is 13.0. The average molecular weight is 358 g/mol. The normalized spacial score (nSPS) is 34.3. The van der Waals surface area contributed by atoms with Gasteiger partial charge in [-0.1, -0.05) is 0 Å². The summed E-state index contributed by atoms with van der Waals surface area (Å²) < 4.78 is 65.0. The summed E-state index contributed by atoms with van der Waals surface area (Å²) in [6.45, 7) is -0.357. The average Bonchev–Trinajstić information content (AvgIpc) is 2.77. The SMILES string of the molecule is O=c1[nH]c([C@H]2CC3OP(=O)(O)OCC3O2)c(C(F)(F)F)c(=O)[nH]1. The highest BCUT2D eigenvalue weighted by Crippen LogP contribution is 2.53. The van der Waals surface area contributed by atoms with Gasteiger partial charge in [-0.15, -0.1) is 0 Å². The largest absolute Gasteiger partial charge is 0.472 e. The maximum atomic E-state index is 13.0. The Labute approximate surface area is 125 Å². The highest BCUT2D eigenvalue weighted by Gasteiger charge is 2.49. The van der Waals surface area contributed by atoms with Crippen molar-refractivity contribution in [1.82, 2.24) is 9.97 Å². The third-order valence-corrected chi connectivity index (χ3v) is 4.46. The monoisotopic (exact) mass is 358 g/mol. The molecular formula is C10H10F3N2O7P. The molecule has 128 valence electrons. The van der Waals surface area contributed by atoms with Gasteiger partial charge >= 0.3 is 19.7 Å². The van der Waals surface area contributed by atoms with Crippen LogP contribution in [0.1, 0.15) is 23.8 Å². The van der Waals surface area contributed by atoms with Gasteiger partial charge in [-0.25, -0.2) is 9.36 Å². The molecule has 13 heteroatoms. The molecule has 0 amide bonds. The van der Waals surface area contributed by atoms with Gasteiger partial charge < -0.3 is 14.6 Å². The van der Waals surface area contributed by atoms with Gasteiger partial charge in [0.1, 0.15) is 23.9 Å². The number of fused-ring (bicyclic) bond motifs is 1. The molecule has 0 saturated carbocycles. The number of hydrogen-bond acceptors (Lipinski definition) is 6. The summed E-state index contributed by atoms with van der Waals surface area (Å²) in [4.78, 5) is 35.4. The number of nitrogens with one attached hydrogen (secondary N) is 2. The second-order valence-electron chi connectivity index (χ2n) is 5.00.